The first-order valence-electron chi connectivity index (χ1n) is 7.09. The smallest absolute Gasteiger partial charge is 0.162 e. The standard InChI is InChI=1S/C17H20FNO2/c1-2-21-16-5-3-4-14(17(16)20)12-19-11-10-13-6-8-15(18)9-7-13/h3-9,19-20H,2,10-12H2,1H3. The van der Waals surface area contributed by atoms with Gasteiger partial charge in [0.25, 0.3) is 0 Å². The maximum Gasteiger partial charge on any atom is 0.162 e. The van der Waals surface area contributed by atoms with Gasteiger partial charge >= 0.3 is 0 Å². The number of hydrogen-bond donors (Lipinski definition) is 2. The second-order valence-corrected chi connectivity index (χ2v) is 4.75. The van der Waals surface area contributed by atoms with Crippen molar-refractivity contribution in [3.63, 3.8) is 0 Å². The lowest BCUT2D eigenvalue weighted by atomic mass is 10.1. The van der Waals surface area contributed by atoms with E-state index < -0.39 is 0 Å². The Morgan fingerprint density at radius 2 is 1.90 bits per heavy atom. The Kier molecular flexibility index (Phi) is 5.58. The second-order valence-electron chi connectivity index (χ2n) is 4.75. The lowest BCUT2D eigenvalue weighted by Gasteiger charge is -2.11. The minimum Gasteiger partial charge on any atom is -0.504 e. The molecule has 0 atom stereocenters. The van der Waals surface area contributed by atoms with Gasteiger partial charge in [0, 0.05) is 12.1 Å². The summed E-state index contributed by atoms with van der Waals surface area (Å²) in [6, 6.07) is 12.0. The van der Waals surface area contributed by atoms with E-state index in [1.165, 1.54) is 12.1 Å². The quantitative estimate of drug-likeness (QED) is 0.769. The van der Waals surface area contributed by atoms with Crippen LogP contribution >= 0.6 is 0 Å². The summed E-state index contributed by atoms with van der Waals surface area (Å²) in [5, 5.41) is 13.3. The number of nitrogens with one attached hydrogen (secondary N) is 1. The number of phenolic OH excluding ortho intramolecular Hbond substituents is 1. The van der Waals surface area contributed by atoms with Crippen molar-refractivity contribution in [2.45, 2.75) is 19.9 Å². The van der Waals surface area contributed by atoms with Crippen molar-refractivity contribution < 1.29 is 14.2 Å². The van der Waals surface area contributed by atoms with Crippen LogP contribution in [0, 0.1) is 5.82 Å². The number of hydrogen-bond acceptors (Lipinski definition) is 3. The Labute approximate surface area is 124 Å². The predicted molar refractivity (Wildman–Crippen MR) is 81.1 cm³/mol. The molecule has 0 radical (unpaired) electrons. The van der Waals surface area contributed by atoms with Gasteiger partial charge in [-0.15, -0.1) is 0 Å². The van der Waals surface area contributed by atoms with E-state index >= 15 is 0 Å². The summed E-state index contributed by atoms with van der Waals surface area (Å²) >= 11 is 0. The van der Waals surface area contributed by atoms with Crippen LogP contribution in [-0.4, -0.2) is 18.3 Å². The lowest BCUT2D eigenvalue weighted by Crippen LogP contribution is -2.16. The van der Waals surface area contributed by atoms with E-state index in [9.17, 15) is 9.50 Å². The van der Waals surface area contributed by atoms with Gasteiger partial charge in [0.1, 0.15) is 5.82 Å². The Bertz CT molecular complexity index is 570. The van der Waals surface area contributed by atoms with Crippen LogP contribution in [0.25, 0.3) is 0 Å². The highest BCUT2D eigenvalue weighted by Crippen LogP contribution is 2.29. The first kappa shape index (κ1) is 15.3. The molecule has 0 saturated heterocycles. The minimum atomic E-state index is -0.218. The van der Waals surface area contributed by atoms with E-state index in [-0.39, 0.29) is 11.6 Å². The third kappa shape index (κ3) is 4.46. The number of halogens is 1. The monoisotopic (exact) mass is 289 g/mol. The molecular formula is C17H20FNO2. The van der Waals surface area contributed by atoms with Crippen molar-refractivity contribution in [2.24, 2.45) is 0 Å². The highest BCUT2D eigenvalue weighted by Gasteiger charge is 2.07. The average molecular weight is 289 g/mol. The van der Waals surface area contributed by atoms with E-state index in [0.29, 0.717) is 18.9 Å². The van der Waals surface area contributed by atoms with Crippen LogP contribution in [0.2, 0.25) is 0 Å². The molecule has 2 aromatic carbocycles. The van der Waals surface area contributed by atoms with Crippen LogP contribution in [0.3, 0.4) is 0 Å². The number of phenols is 1. The molecule has 2 rings (SSSR count). The van der Waals surface area contributed by atoms with Gasteiger partial charge in [0.15, 0.2) is 11.5 Å². The van der Waals surface area contributed by atoms with Crippen molar-refractivity contribution in [3.8, 4) is 11.5 Å². The van der Waals surface area contributed by atoms with E-state index in [4.69, 9.17) is 4.74 Å². The maximum atomic E-state index is 12.8. The van der Waals surface area contributed by atoms with Gasteiger partial charge in [0.05, 0.1) is 6.61 Å². The highest BCUT2D eigenvalue weighted by atomic mass is 19.1. The molecule has 4 heteroatoms. The Morgan fingerprint density at radius 3 is 2.62 bits per heavy atom. The molecule has 0 unspecified atom stereocenters. The molecule has 0 aromatic heterocycles. The number of benzene rings is 2. The van der Waals surface area contributed by atoms with Crippen molar-refractivity contribution in [1.29, 1.82) is 0 Å². The van der Waals surface area contributed by atoms with Crippen LogP contribution in [0.1, 0.15) is 18.1 Å². The van der Waals surface area contributed by atoms with Gasteiger partial charge in [-0.1, -0.05) is 24.3 Å². The minimum absolute atomic E-state index is 0.189. The molecule has 0 heterocycles. The van der Waals surface area contributed by atoms with Gasteiger partial charge in [-0.3, -0.25) is 0 Å². The number of para-hydroxylation sites is 1. The van der Waals surface area contributed by atoms with Gasteiger partial charge in [-0.05, 0) is 43.7 Å². The molecule has 112 valence electrons. The lowest BCUT2D eigenvalue weighted by molar-refractivity contribution is 0.316. The normalized spacial score (nSPS) is 10.6. The maximum absolute atomic E-state index is 12.8. The van der Waals surface area contributed by atoms with Crippen LogP contribution in [0.4, 0.5) is 4.39 Å². The molecule has 3 nitrogen and oxygen atoms in total. The molecule has 0 spiro atoms. The van der Waals surface area contributed by atoms with Gasteiger partial charge in [0.2, 0.25) is 0 Å². The molecule has 0 fully saturated rings. The van der Waals surface area contributed by atoms with Crippen molar-refractivity contribution in [3.05, 3.63) is 59.4 Å². The largest absolute Gasteiger partial charge is 0.504 e. The van der Waals surface area contributed by atoms with Crippen LogP contribution < -0.4 is 10.1 Å². The molecule has 0 aliphatic rings. The summed E-state index contributed by atoms with van der Waals surface area (Å²) in [6.45, 7) is 3.72. The van der Waals surface area contributed by atoms with Crippen molar-refractivity contribution >= 4 is 0 Å². The summed E-state index contributed by atoms with van der Waals surface area (Å²) in [4.78, 5) is 0. The first-order valence-corrected chi connectivity index (χ1v) is 7.09. The Hall–Kier alpha value is -2.07. The third-order valence-electron chi connectivity index (χ3n) is 3.20. The van der Waals surface area contributed by atoms with Gasteiger partial charge in [-0.25, -0.2) is 4.39 Å². The molecular weight excluding hydrogens is 269 g/mol. The van der Waals surface area contributed by atoms with Gasteiger partial charge in [-0.2, -0.15) is 0 Å². The van der Waals surface area contributed by atoms with Crippen molar-refractivity contribution in [2.75, 3.05) is 13.2 Å². The molecule has 0 aliphatic heterocycles. The van der Waals surface area contributed by atoms with Crippen LogP contribution in [0.5, 0.6) is 11.5 Å². The van der Waals surface area contributed by atoms with E-state index in [2.05, 4.69) is 5.32 Å². The number of aromatic hydroxyl groups is 1. The summed E-state index contributed by atoms with van der Waals surface area (Å²) in [5.41, 5.74) is 1.89. The summed E-state index contributed by atoms with van der Waals surface area (Å²) in [5.74, 6) is 0.480. The molecule has 21 heavy (non-hydrogen) atoms. The summed E-state index contributed by atoms with van der Waals surface area (Å²) in [6.07, 6.45) is 0.812. The first-order chi connectivity index (χ1) is 10.2. The zero-order valence-corrected chi connectivity index (χ0v) is 12.1. The van der Waals surface area contributed by atoms with Crippen molar-refractivity contribution in [1.82, 2.24) is 5.32 Å². The zero-order valence-electron chi connectivity index (χ0n) is 12.1. The average Bonchev–Trinajstić information content (AvgIpc) is 2.49. The molecule has 2 aromatic rings. The molecule has 0 amide bonds. The van der Waals surface area contributed by atoms with E-state index in [1.807, 2.05) is 19.1 Å². The van der Waals surface area contributed by atoms with E-state index in [0.717, 1.165) is 24.1 Å². The number of ether oxygens (including phenoxy) is 1. The molecule has 0 aliphatic carbocycles. The zero-order chi connectivity index (χ0) is 15.1. The Morgan fingerprint density at radius 1 is 1.14 bits per heavy atom. The molecule has 2 N–H and O–H groups in total. The third-order valence-corrected chi connectivity index (χ3v) is 3.20. The number of rotatable bonds is 7. The SMILES string of the molecule is CCOc1cccc(CNCCc2ccc(F)cc2)c1O. The fourth-order valence-corrected chi connectivity index (χ4v) is 2.09. The molecule has 0 bridgehead atoms. The summed E-state index contributed by atoms with van der Waals surface area (Å²) in [7, 11) is 0. The van der Waals surface area contributed by atoms with Crippen LogP contribution in [-0.2, 0) is 13.0 Å². The topological polar surface area (TPSA) is 41.5 Å². The summed E-state index contributed by atoms with van der Waals surface area (Å²) < 4.78 is 18.1. The van der Waals surface area contributed by atoms with Gasteiger partial charge < -0.3 is 15.2 Å². The second kappa shape index (κ2) is 7.64. The van der Waals surface area contributed by atoms with Crippen LogP contribution in [0.15, 0.2) is 42.5 Å². The predicted octanol–water partition coefficient (Wildman–Crippen LogP) is 3.26. The highest BCUT2D eigenvalue weighted by molar-refractivity contribution is 5.45. The fourth-order valence-electron chi connectivity index (χ4n) is 2.09. The Balaban J connectivity index is 1.83. The molecule has 0 saturated carbocycles. The fraction of sp³-hybridized carbons (Fsp3) is 0.294. The van der Waals surface area contributed by atoms with E-state index in [1.54, 1.807) is 18.2 Å².